The van der Waals surface area contributed by atoms with Crippen LogP contribution in [0.15, 0.2) is 30.3 Å². The van der Waals surface area contributed by atoms with Gasteiger partial charge in [0.05, 0.1) is 0 Å². The lowest BCUT2D eigenvalue weighted by Gasteiger charge is -2.29. The molecule has 0 spiro atoms. The first kappa shape index (κ1) is 18.0. The Balaban J connectivity index is 1.79. The summed E-state index contributed by atoms with van der Waals surface area (Å²) in [7, 11) is 0. The summed E-state index contributed by atoms with van der Waals surface area (Å²) >= 11 is 0. The summed E-state index contributed by atoms with van der Waals surface area (Å²) in [4.78, 5) is 34.5. The number of carbonyl (C=O) groups is 3. The van der Waals surface area contributed by atoms with Crippen LogP contribution in [-0.2, 0) is 15.0 Å². The van der Waals surface area contributed by atoms with Crippen LogP contribution in [0.1, 0.15) is 45.6 Å². The molecule has 1 aliphatic heterocycles. The topological polar surface area (TPSA) is 87.3 Å². The second-order valence-electron chi connectivity index (χ2n) is 6.98. The smallest absolute Gasteiger partial charge is 0.322 e. The summed E-state index contributed by atoms with van der Waals surface area (Å²) in [6.45, 7) is 6.29. The van der Waals surface area contributed by atoms with Gasteiger partial charge >= 0.3 is 6.03 Å². The van der Waals surface area contributed by atoms with Crippen LogP contribution < -0.4 is 16.0 Å². The van der Waals surface area contributed by atoms with Crippen molar-refractivity contribution in [2.24, 2.45) is 0 Å². The highest BCUT2D eigenvalue weighted by Crippen LogP contribution is 2.28. The first-order valence-corrected chi connectivity index (χ1v) is 8.24. The molecule has 6 nitrogen and oxygen atoms in total. The van der Waals surface area contributed by atoms with Gasteiger partial charge in [-0.3, -0.25) is 14.9 Å². The molecule has 0 aliphatic carbocycles. The van der Waals surface area contributed by atoms with E-state index in [0.29, 0.717) is 6.42 Å². The number of amides is 4. The van der Waals surface area contributed by atoms with Crippen molar-refractivity contribution in [2.45, 2.75) is 57.5 Å². The van der Waals surface area contributed by atoms with E-state index in [2.05, 4.69) is 41.9 Å². The van der Waals surface area contributed by atoms with Gasteiger partial charge in [0.25, 0.3) is 5.91 Å². The maximum absolute atomic E-state index is 12.1. The summed E-state index contributed by atoms with van der Waals surface area (Å²) in [5.41, 5.74) is 1.18. The van der Waals surface area contributed by atoms with Gasteiger partial charge in [-0.1, -0.05) is 44.2 Å². The van der Waals surface area contributed by atoms with Gasteiger partial charge in [0.15, 0.2) is 0 Å². The number of carbonyl (C=O) groups excluding carboxylic acids is 3. The lowest BCUT2D eigenvalue weighted by Crippen LogP contribution is -2.38. The zero-order valence-corrected chi connectivity index (χ0v) is 14.4. The van der Waals surface area contributed by atoms with Crippen LogP contribution in [-0.4, -0.2) is 29.9 Å². The molecular formula is C18H25N3O3. The van der Waals surface area contributed by atoms with E-state index in [1.165, 1.54) is 5.56 Å². The zero-order chi connectivity index (χ0) is 17.7. The summed E-state index contributed by atoms with van der Waals surface area (Å²) in [5.74, 6) is -0.480. The molecule has 0 bridgehead atoms. The molecule has 2 rings (SSSR count). The second kappa shape index (κ2) is 7.47. The Bertz CT molecular complexity index is 613. The quantitative estimate of drug-likeness (QED) is 0.666. The van der Waals surface area contributed by atoms with Gasteiger partial charge in [-0.25, -0.2) is 4.79 Å². The lowest BCUT2D eigenvalue weighted by atomic mass is 9.79. The third-order valence-electron chi connectivity index (χ3n) is 4.30. The van der Waals surface area contributed by atoms with Gasteiger partial charge in [-0.2, -0.15) is 0 Å². The van der Waals surface area contributed by atoms with Crippen LogP contribution in [0.5, 0.6) is 0 Å². The molecule has 0 saturated carbocycles. The number of rotatable bonds is 7. The van der Waals surface area contributed by atoms with E-state index < -0.39 is 12.1 Å². The molecule has 3 N–H and O–H groups in total. The highest BCUT2D eigenvalue weighted by molar-refractivity contribution is 6.04. The first-order chi connectivity index (χ1) is 11.3. The SMILES string of the molecule is C[C@H](CC(C)(C)c1ccccc1)NC(=O)CC[C@@H]1NC(=O)NC1=O. The van der Waals surface area contributed by atoms with Crippen LogP contribution in [0, 0.1) is 0 Å². The fourth-order valence-corrected chi connectivity index (χ4v) is 3.11. The van der Waals surface area contributed by atoms with Crippen LogP contribution in [0.4, 0.5) is 4.79 Å². The van der Waals surface area contributed by atoms with Gasteiger partial charge < -0.3 is 10.6 Å². The van der Waals surface area contributed by atoms with E-state index in [9.17, 15) is 14.4 Å². The zero-order valence-electron chi connectivity index (χ0n) is 14.4. The maximum Gasteiger partial charge on any atom is 0.322 e. The minimum atomic E-state index is -0.612. The minimum Gasteiger partial charge on any atom is -0.354 e. The number of urea groups is 1. The largest absolute Gasteiger partial charge is 0.354 e. The molecule has 1 aromatic rings. The fourth-order valence-electron chi connectivity index (χ4n) is 3.11. The Hall–Kier alpha value is -2.37. The van der Waals surface area contributed by atoms with Crippen molar-refractivity contribution in [1.82, 2.24) is 16.0 Å². The molecule has 130 valence electrons. The van der Waals surface area contributed by atoms with Crippen LogP contribution in [0.3, 0.4) is 0 Å². The predicted octanol–water partition coefficient (Wildman–Crippen LogP) is 1.85. The van der Waals surface area contributed by atoms with Crippen molar-refractivity contribution in [3.63, 3.8) is 0 Å². The molecule has 24 heavy (non-hydrogen) atoms. The van der Waals surface area contributed by atoms with E-state index in [0.717, 1.165) is 6.42 Å². The van der Waals surface area contributed by atoms with Gasteiger partial charge in [-0.15, -0.1) is 0 Å². The molecule has 0 radical (unpaired) electrons. The van der Waals surface area contributed by atoms with Crippen molar-refractivity contribution in [3.8, 4) is 0 Å². The molecule has 0 unspecified atom stereocenters. The van der Waals surface area contributed by atoms with Crippen molar-refractivity contribution in [2.75, 3.05) is 0 Å². The van der Waals surface area contributed by atoms with Crippen molar-refractivity contribution in [3.05, 3.63) is 35.9 Å². The highest BCUT2D eigenvalue weighted by Gasteiger charge is 2.30. The van der Waals surface area contributed by atoms with Crippen molar-refractivity contribution in [1.29, 1.82) is 0 Å². The summed E-state index contributed by atoms with van der Waals surface area (Å²) in [5, 5.41) is 7.62. The Kier molecular flexibility index (Phi) is 5.59. The van der Waals surface area contributed by atoms with Gasteiger partial charge in [0, 0.05) is 12.5 Å². The molecule has 1 heterocycles. The molecular weight excluding hydrogens is 306 g/mol. The average molecular weight is 331 g/mol. The van der Waals surface area contributed by atoms with E-state index in [-0.39, 0.29) is 29.7 Å². The molecule has 1 aliphatic rings. The Morgan fingerprint density at radius 1 is 1.25 bits per heavy atom. The van der Waals surface area contributed by atoms with E-state index in [1.54, 1.807) is 0 Å². The molecule has 6 heteroatoms. The van der Waals surface area contributed by atoms with Gasteiger partial charge in [0.1, 0.15) is 6.04 Å². The van der Waals surface area contributed by atoms with Crippen molar-refractivity contribution < 1.29 is 14.4 Å². The summed E-state index contributed by atoms with van der Waals surface area (Å²) in [6.07, 6.45) is 1.32. The molecule has 1 saturated heterocycles. The fraction of sp³-hybridized carbons (Fsp3) is 0.500. The van der Waals surface area contributed by atoms with Gasteiger partial charge in [0.2, 0.25) is 5.91 Å². The Morgan fingerprint density at radius 3 is 2.50 bits per heavy atom. The average Bonchev–Trinajstić information content (AvgIpc) is 2.83. The van der Waals surface area contributed by atoms with Crippen molar-refractivity contribution >= 4 is 17.8 Å². The molecule has 2 atom stereocenters. The van der Waals surface area contributed by atoms with Gasteiger partial charge in [-0.05, 0) is 30.7 Å². The Labute approximate surface area is 142 Å². The number of nitrogens with one attached hydrogen (secondary N) is 3. The van der Waals surface area contributed by atoms with Crippen LogP contribution in [0.2, 0.25) is 0 Å². The lowest BCUT2D eigenvalue weighted by molar-refractivity contribution is -0.122. The predicted molar refractivity (Wildman–Crippen MR) is 91.4 cm³/mol. The van der Waals surface area contributed by atoms with E-state index >= 15 is 0 Å². The monoisotopic (exact) mass is 331 g/mol. The first-order valence-electron chi connectivity index (χ1n) is 8.24. The summed E-state index contributed by atoms with van der Waals surface area (Å²) < 4.78 is 0. The van der Waals surface area contributed by atoms with E-state index in [1.807, 2.05) is 25.1 Å². The number of hydrogen-bond donors (Lipinski definition) is 3. The highest BCUT2D eigenvalue weighted by atomic mass is 16.2. The Morgan fingerprint density at radius 2 is 1.92 bits per heavy atom. The minimum absolute atomic E-state index is 0.0136. The van der Waals surface area contributed by atoms with Crippen LogP contribution >= 0.6 is 0 Å². The molecule has 4 amide bonds. The number of imide groups is 1. The third-order valence-corrected chi connectivity index (χ3v) is 4.30. The molecule has 0 aromatic heterocycles. The standard InChI is InChI=1S/C18H25N3O3/c1-12(11-18(2,3)13-7-5-4-6-8-13)19-15(22)10-9-14-16(23)21-17(24)20-14/h4-8,12,14H,9-11H2,1-3H3,(H,19,22)(H2,20,21,23,24)/t12-,14+/m1/s1. The summed E-state index contributed by atoms with van der Waals surface area (Å²) in [6, 6.07) is 9.11. The van der Waals surface area contributed by atoms with E-state index in [4.69, 9.17) is 0 Å². The normalized spacial score (nSPS) is 18.7. The maximum atomic E-state index is 12.1. The van der Waals surface area contributed by atoms with Crippen LogP contribution in [0.25, 0.3) is 0 Å². The second-order valence-corrected chi connectivity index (χ2v) is 6.98. The molecule has 1 fully saturated rings. The number of benzene rings is 1. The molecule has 1 aromatic carbocycles. The number of hydrogen-bond acceptors (Lipinski definition) is 3. The third kappa shape index (κ3) is 4.81.